The van der Waals surface area contributed by atoms with Crippen LogP contribution in [0.5, 0.6) is 5.75 Å². The molecule has 0 fully saturated rings. The number of fused-ring (bicyclic) bond motifs is 1. The second-order valence-corrected chi connectivity index (χ2v) is 6.43. The van der Waals surface area contributed by atoms with E-state index in [4.69, 9.17) is 4.74 Å². The van der Waals surface area contributed by atoms with Crippen molar-refractivity contribution in [3.05, 3.63) is 51.2 Å². The highest BCUT2D eigenvalue weighted by Gasteiger charge is 2.17. The van der Waals surface area contributed by atoms with Crippen LogP contribution in [0.2, 0.25) is 0 Å². The zero-order valence-corrected chi connectivity index (χ0v) is 15.7. The number of nitrogens with one attached hydrogen (secondary N) is 2. The summed E-state index contributed by atoms with van der Waals surface area (Å²) in [5.41, 5.74) is -0.326. The number of imidazole rings is 1. The number of anilines is 1. The van der Waals surface area contributed by atoms with Crippen LogP contribution >= 0.6 is 0 Å². The molecule has 0 aliphatic rings. The molecule has 0 spiro atoms. The number of aromatic amines is 1. The normalized spacial score (nSPS) is 11.0. The van der Waals surface area contributed by atoms with Gasteiger partial charge in [0.05, 0.1) is 0 Å². The van der Waals surface area contributed by atoms with Gasteiger partial charge in [0.25, 0.3) is 5.56 Å². The van der Waals surface area contributed by atoms with Gasteiger partial charge in [0.2, 0.25) is 5.95 Å². The van der Waals surface area contributed by atoms with Gasteiger partial charge in [-0.15, -0.1) is 0 Å². The van der Waals surface area contributed by atoms with E-state index in [1.807, 2.05) is 30.3 Å². The highest BCUT2D eigenvalue weighted by atomic mass is 16.5. The first-order valence-electron chi connectivity index (χ1n) is 9.23. The monoisotopic (exact) mass is 371 g/mol. The van der Waals surface area contributed by atoms with E-state index in [2.05, 4.69) is 22.2 Å². The molecule has 0 radical (unpaired) electrons. The molecule has 2 N–H and O–H groups in total. The third-order valence-electron chi connectivity index (χ3n) is 4.42. The van der Waals surface area contributed by atoms with Gasteiger partial charge in [0.1, 0.15) is 5.75 Å². The van der Waals surface area contributed by atoms with Gasteiger partial charge in [0, 0.05) is 13.6 Å². The molecule has 2 aromatic heterocycles. The van der Waals surface area contributed by atoms with E-state index in [0.717, 1.165) is 19.4 Å². The highest BCUT2D eigenvalue weighted by Crippen LogP contribution is 2.17. The molecule has 1 aromatic carbocycles. The molecule has 0 aliphatic carbocycles. The SMILES string of the molecule is CCCCCCNc1nc2c(c(=O)[nH]c(=O)n2C)n1COc1ccccc1. The standard InChI is InChI=1S/C19H25N5O3/c1-3-4-5-9-12-20-18-21-16-15(17(25)22-19(26)23(16)2)24(18)13-27-14-10-7-6-8-11-14/h6-8,10-11H,3-5,9,12-13H2,1-2H3,(H,20,21)(H,22,25,26). The molecule has 27 heavy (non-hydrogen) atoms. The van der Waals surface area contributed by atoms with Crippen LogP contribution in [0.25, 0.3) is 11.2 Å². The van der Waals surface area contributed by atoms with Crippen molar-refractivity contribution in [2.45, 2.75) is 39.3 Å². The zero-order chi connectivity index (χ0) is 19.2. The maximum Gasteiger partial charge on any atom is 0.329 e. The number of ether oxygens (including phenoxy) is 1. The second-order valence-electron chi connectivity index (χ2n) is 6.43. The van der Waals surface area contributed by atoms with Gasteiger partial charge < -0.3 is 10.1 Å². The lowest BCUT2D eigenvalue weighted by molar-refractivity contribution is 0.242. The van der Waals surface area contributed by atoms with Crippen LogP contribution in [0.3, 0.4) is 0 Å². The van der Waals surface area contributed by atoms with Crippen LogP contribution in [0.15, 0.2) is 39.9 Å². The largest absolute Gasteiger partial charge is 0.473 e. The summed E-state index contributed by atoms with van der Waals surface area (Å²) in [5.74, 6) is 1.21. The van der Waals surface area contributed by atoms with E-state index >= 15 is 0 Å². The van der Waals surface area contributed by atoms with Crippen LogP contribution in [-0.2, 0) is 13.8 Å². The summed E-state index contributed by atoms with van der Waals surface area (Å²) < 4.78 is 8.81. The van der Waals surface area contributed by atoms with Crippen LogP contribution in [-0.4, -0.2) is 25.6 Å². The first-order chi connectivity index (χ1) is 13.1. The summed E-state index contributed by atoms with van der Waals surface area (Å²) in [6, 6.07) is 9.35. The number of rotatable bonds is 9. The minimum Gasteiger partial charge on any atom is -0.473 e. The molecule has 0 amide bonds. The Hall–Kier alpha value is -3.03. The van der Waals surface area contributed by atoms with Gasteiger partial charge in [-0.3, -0.25) is 18.9 Å². The van der Waals surface area contributed by atoms with Gasteiger partial charge in [-0.1, -0.05) is 44.4 Å². The topological polar surface area (TPSA) is 93.9 Å². The van der Waals surface area contributed by atoms with E-state index < -0.39 is 11.2 Å². The summed E-state index contributed by atoms with van der Waals surface area (Å²) >= 11 is 0. The maximum absolute atomic E-state index is 12.4. The quantitative estimate of drug-likeness (QED) is 0.564. The molecular formula is C19H25N5O3. The molecule has 0 unspecified atom stereocenters. The molecule has 2 heterocycles. The van der Waals surface area contributed by atoms with Crippen molar-refractivity contribution in [1.82, 2.24) is 19.1 Å². The Morgan fingerprint density at radius 1 is 1.15 bits per heavy atom. The van der Waals surface area contributed by atoms with Crippen LogP contribution < -0.4 is 21.3 Å². The van der Waals surface area contributed by atoms with E-state index in [9.17, 15) is 9.59 Å². The minimum atomic E-state index is -0.490. The summed E-state index contributed by atoms with van der Waals surface area (Å²) in [7, 11) is 1.58. The molecule has 3 rings (SSSR count). The van der Waals surface area contributed by atoms with E-state index in [1.54, 1.807) is 11.6 Å². The molecule has 8 nitrogen and oxygen atoms in total. The molecule has 0 saturated carbocycles. The number of H-pyrrole nitrogens is 1. The number of para-hydroxylation sites is 1. The predicted octanol–water partition coefficient (Wildman–Crippen LogP) is 2.45. The van der Waals surface area contributed by atoms with Crippen molar-refractivity contribution < 1.29 is 4.74 Å². The van der Waals surface area contributed by atoms with E-state index in [0.29, 0.717) is 22.9 Å². The van der Waals surface area contributed by atoms with Crippen LogP contribution in [0.4, 0.5) is 5.95 Å². The lowest BCUT2D eigenvalue weighted by Gasteiger charge is -2.12. The lowest BCUT2D eigenvalue weighted by Crippen LogP contribution is -2.29. The zero-order valence-electron chi connectivity index (χ0n) is 15.7. The number of aryl methyl sites for hydroxylation is 1. The lowest BCUT2D eigenvalue weighted by atomic mass is 10.2. The Balaban J connectivity index is 1.91. The van der Waals surface area contributed by atoms with Gasteiger partial charge in [0.15, 0.2) is 17.9 Å². The summed E-state index contributed by atoms with van der Waals surface area (Å²) in [5, 5.41) is 3.28. The van der Waals surface area contributed by atoms with Gasteiger partial charge in [-0.05, 0) is 18.6 Å². The van der Waals surface area contributed by atoms with Crippen molar-refractivity contribution in [2.24, 2.45) is 7.05 Å². The van der Waals surface area contributed by atoms with Crippen molar-refractivity contribution in [3.8, 4) is 5.75 Å². The minimum absolute atomic E-state index is 0.110. The molecule has 3 aromatic rings. The van der Waals surface area contributed by atoms with Crippen molar-refractivity contribution in [3.63, 3.8) is 0 Å². The fraction of sp³-hybridized carbons (Fsp3) is 0.421. The third-order valence-corrected chi connectivity index (χ3v) is 4.42. The maximum atomic E-state index is 12.4. The van der Waals surface area contributed by atoms with Crippen molar-refractivity contribution in [2.75, 3.05) is 11.9 Å². The summed E-state index contributed by atoms with van der Waals surface area (Å²) in [6.45, 7) is 3.01. The second kappa shape index (κ2) is 8.57. The van der Waals surface area contributed by atoms with Gasteiger partial charge in [-0.2, -0.15) is 4.98 Å². The summed E-state index contributed by atoms with van der Waals surface area (Å²) in [4.78, 5) is 31.1. The average molecular weight is 371 g/mol. The number of hydrogen-bond acceptors (Lipinski definition) is 5. The third kappa shape index (κ3) is 4.21. The Bertz CT molecular complexity index is 1000. The summed E-state index contributed by atoms with van der Waals surface area (Å²) in [6.07, 6.45) is 4.49. The highest BCUT2D eigenvalue weighted by molar-refractivity contribution is 5.74. The molecular weight excluding hydrogens is 346 g/mol. The Kier molecular flexibility index (Phi) is 5.95. The molecule has 0 bridgehead atoms. The van der Waals surface area contributed by atoms with Crippen molar-refractivity contribution in [1.29, 1.82) is 0 Å². The Morgan fingerprint density at radius 3 is 2.67 bits per heavy atom. The average Bonchev–Trinajstić information content (AvgIpc) is 3.04. The number of aromatic nitrogens is 4. The molecule has 144 valence electrons. The fourth-order valence-electron chi connectivity index (χ4n) is 2.90. The van der Waals surface area contributed by atoms with E-state index in [-0.39, 0.29) is 6.73 Å². The first-order valence-corrected chi connectivity index (χ1v) is 9.23. The first kappa shape index (κ1) is 18.8. The number of hydrogen-bond donors (Lipinski definition) is 2. The smallest absolute Gasteiger partial charge is 0.329 e. The van der Waals surface area contributed by atoms with Gasteiger partial charge >= 0.3 is 5.69 Å². The van der Waals surface area contributed by atoms with E-state index in [1.165, 1.54) is 17.4 Å². The molecule has 0 aliphatic heterocycles. The number of nitrogens with zero attached hydrogens (tertiary/aromatic N) is 3. The number of unbranched alkanes of at least 4 members (excludes halogenated alkanes) is 3. The van der Waals surface area contributed by atoms with Crippen LogP contribution in [0.1, 0.15) is 32.6 Å². The van der Waals surface area contributed by atoms with Crippen molar-refractivity contribution >= 4 is 17.1 Å². The Labute approximate surface area is 156 Å². The Morgan fingerprint density at radius 2 is 1.93 bits per heavy atom. The van der Waals surface area contributed by atoms with Gasteiger partial charge in [-0.25, -0.2) is 4.79 Å². The molecule has 0 saturated heterocycles. The molecule has 0 atom stereocenters. The number of benzene rings is 1. The predicted molar refractivity (Wildman–Crippen MR) is 105 cm³/mol. The molecule has 8 heteroatoms. The van der Waals surface area contributed by atoms with Crippen LogP contribution in [0, 0.1) is 0 Å². The fourth-order valence-corrected chi connectivity index (χ4v) is 2.90.